The number of nitrogens with zero attached hydrogens (tertiary/aromatic N) is 2. The van der Waals surface area contributed by atoms with Crippen molar-refractivity contribution in [2.24, 2.45) is 11.7 Å². The highest BCUT2D eigenvalue weighted by Crippen LogP contribution is 2.21. The van der Waals surface area contributed by atoms with Crippen LogP contribution in [0.5, 0.6) is 0 Å². The van der Waals surface area contributed by atoms with Crippen molar-refractivity contribution < 1.29 is 9.53 Å². The number of carbonyl (C=O) groups excluding carboxylic acids is 1. The zero-order valence-electron chi connectivity index (χ0n) is 15.3. The summed E-state index contributed by atoms with van der Waals surface area (Å²) in [6.07, 6.45) is 2.55. The Bertz CT molecular complexity index is 541. The number of ether oxygens (including phenoxy) is 1. The van der Waals surface area contributed by atoms with Crippen LogP contribution in [-0.4, -0.2) is 60.6 Å². The van der Waals surface area contributed by atoms with Crippen molar-refractivity contribution in [3.8, 4) is 0 Å². The number of morpholine rings is 1. The van der Waals surface area contributed by atoms with Crippen molar-refractivity contribution in [1.29, 1.82) is 0 Å². The molecule has 1 amide bonds. The van der Waals surface area contributed by atoms with Crippen LogP contribution in [0, 0.1) is 5.92 Å². The molecule has 1 aromatic carbocycles. The minimum absolute atomic E-state index is 0.0103. The van der Waals surface area contributed by atoms with Gasteiger partial charge in [0.15, 0.2) is 0 Å². The molecule has 138 valence electrons. The molecule has 5 heteroatoms. The number of nitrogens with two attached hydrogens (primary N) is 1. The molecular weight excluding hydrogens is 314 g/mol. The van der Waals surface area contributed by atoms with Crippen LogP contribution in [0.3, 0.4) is 0 Å². The van der Waals surface area contributed by atoms with Crippen LogP contribution in [-0.2, 0) is 16.1 Å². The molecule has 0 saturated carbocycles. The van der Waals surface area contributed by atoms with Gasteiger partial charge in [0.1, 0.15) is 0 Å². The van der Waals surface area contributed by atoms with Crippen molar-refractivity contribution in [2.75, 3.05) is 32.8 Å². The van der Waals surface area contributed by atoms with Gasteiger partial charge in [-0.1, -0.05) is 30.3 Å². The predicted octanol–water partition coefficient (Wildman–Crippen LogP) is 1.86. The summed E-state index contributed by atoms with van der Waals surface area (Å²) < 4.78 is 5.86. The van der Waals surface area contributed by atoms with E-state index in [4.69, 9.17) is 10.5 Å². The number of hydrogen-bond donors (Lipinski definition) is 1. The molecule has 2 atom stereocenters. The molecule has 3 rings (SSSR count). The average molecular weight is 345 g/mol. The quantitative estimate of drug-likeness (QED) is 0.885. The summed E-state index contributed by atoms with van der Waals surface area (Å²) in [7, 11) is 0. The second-order valence-corrected chi connectivity index (χ2v) is 7.49. The summed E-state index contributed by atoms with van der Waals surface area (Å²) in [6, 6.07) is 10.7. The Kier molecular flexibility index (Phi) is 6.45. The Morgan fingerprint density at radius 1 is 1.24 bits per heavy atom. The molecule has 0 aliphatic carbocycles. The first-order valence-electron chi connectivity index (χ1n) is 9.53. The molecule has 2 saturated heterocycles. The zero-order chi connectivity index (χ0) is 17.6. The number of hydrogen-bond acceptors (Lipinski definition) is 4. The first kappa shape index (κ1) is 18.4. The van der Waals surface area contributed by atoms with E-state index < -0.39 is 0 Å². The minimum Gasteiger partial charge on any atom is -0.375 e. The van der Waals surface area contributed by atoms with Crippen molar-refractivity contribution in [3.63, 3.8) is 0 Å². The summed E-state index contributed by atoms with van der Waals surface area (Å²) in [5.41, 5.74) is 7.30. The standard InChI is InChI=1S/C20H31N3O2/c1-16(21)18-7-9-23(10-8-18)20(24)13-19-15-22(11-12-25-19)14-17-5-3-2-4-6-17/h2-6,16,18-19H,7-15,21H2,1H3. The molecular formula is C20H31N3O2. The maximum atomic E-state index is 12.6. The number of piperidine rings is 1. The van der Waals surface area contributed by atoms with Crippen LogP contribution in [0.15, 0.2) is 30.3 Å². The molecule has 1 aromatic rings. The summed E-state index contributed by atoms with van der Waals surface area (Å²) in [5, 5.41) is 0. The van der Waals surface area contributed by atoms with Gasteiger partial charge in [-0.25, -0.2) is 0 Å². The summed E-state index contributed by atoms with van der Waals surface area (Å²) >= 11 is 0. The SMILES string of the molecule is CC(N)C1CCN(C(=O)CC2CN(Cc3ccccc3)CCO2)CC1. The molecule has 0 radical (unpaired) electrons. The van der Waals surface area contributed by atoms with Gasteiger partial charge in [-0.15, -0.1) is 0 Å². The fourth-order valence-corrected chi connectivity index (χ4v) is 3.89. The predicted molar refractivity (Wildman–Crippen MR) is 99.0 cm³/mol. The lowest BCUT2D eigenvalue weighted by molar-refractivity contribution is -0.137. The second kappa shape index (κ2) is 8.79. The van der Waals surface area contributed by atoms with Crippen molar-refractivity contribution in [2.45, 2.75) is 44.9 Å². The van der Waals surface area contributed by atoms with E-state index in [1.54, 1.807) is 0 Å². The highest BCUT2D eigenvalue weighted by Gasteiger charge is 2.28. The van der Waals surface area contributed by atoms with Gasteiger partial charge in [-0.05, 0) is 31.2 Å². The molecule has 2 aliphatic heterocycles. The highest BCUT2D eigenvalue weighted by molar-refractivity contribution is 5.76. The summed E-state index contributed by atoms with van der Waals surface area (Å²) in [6.45, 7) is 7.14. The Balaban J connectivity index is 1.45. The third kappa shape index (κ3) is 5.27. The molecule has 25 heavy (non-hydrogen) atoms. The van der Waals surface area contributed by atoms with Crippen molar-refractivity contribution >= 4 is 5.91 Å². The number of likely N-dealkylation sites (tertiary alicyclic amines) is 1. The first-order chi connectivity index (χ1) is 12.1. The largest absolute Gasteiger partial charge is 0.375 e. The third-order valence-corrected chi connectivity index (χ3v) is 5.51. The zero-order valence-corrected chi connectivity index (χ0v) is 15.3. The van der Waals surface area contributed by atoms with Gasteiger partial charge < -0.3 is 15.4 Å². The molecule has 0 aromatic heterocycles. The molecule has 2 aliphatic rings. The first-order valence-corrected chi connectivity index (χ1v) is 9.53. The van der Waals surface area contributed by atoms with Crippen LogP contribution < -0.4 is 5.73 Å². The van der Waals surface area contributed by atoms with E-state index in [0.717, 1.165) is 45.6 Å². The van der Waals surface area contributed by atoms with Crippen LogP contribution >= 0.6 is 0 Å². The van der Waals surface area contributed by atoms with Gasteiger partial charge >= 0.3 is 0 Å². The number of rotatable bonds is 5. The molecule has 2 heterocycles. The lowest BCUT2D eigenvalue weighted by Crippen LogP contribution is -2.47. The lowest BCUT2D eigenvalue weighted by Gasteiger charge is -2.36. The highest BCUT2D eigenvalue weighted by atomic mass is 16.5. The molecule has 2 unspecified atom stereocenters. The van der Waals surface area contributed by atoms with Gasteiger partial charge in [0.25, 0.3) is 0 Å². The lowest BCUT2D eigenvalue weighted by atomic mass is 9.91. The van der Waals surface area contributed by atoms with Gasteiger partial charge in [0.05, 0.1) is 19.1 Å². The monoisotopic (exact) mass is 345 g/mol. The van der Waals surface area contributed by atoms with Gasteiger partial charge in [-0.2, -0.15) is 0 Å². The maximum absolute atomic E-state index is 12.6. The van der Waals surface area contributed by atoms with Crippen molar-refractivity contribution in [3.05, 3.63) is 35.9 Å². The normalized spacial score (nSPS) is 24.2. The molecule has 2 N–H and O–H groups in total. The Morgan fingerprint density at radius 3 is 2.64 bits per heavy atom. The number of amides is 1. The number of carbonyl (C=O) groups is 1. The van der Waals surface area contributed by atoms with Crippen LogP contribution in [0.25, 0.3) is 0 Å². The molecule has 5 nitrogen and oxygen atoms in total. The summed E-state index contributed by atoms with van der Waals surface area (Å²) in [4.78, 5) is 17.0. The fraction of sp³-hybridized carbons (Fsp3) is 0.650. The van der Waals surface area contributed by atoms with E-state index in [1.807, 2.05) is 11.0 Å². The van der Waals surface area contributed by atoms with Gasteiger partial charge in [0.2, 0.25) is 5.91 Å². The molecule has 0 spiro atoms. The third-order valence-electron chi connectivity index (χ3n) is 5.51. The van der Waals surface area contributed by atoms with Crippen LogP contribution in [0.2, 0.25) is 0 Å². The van der Waals surface area contributed by atoms with Gasteiger partial charge in [0, 0.05) is 38.8 Å². The topological polar surface area (TPSA) is 58.8 Å². The Hall–Kier alpha value is -1.43. The minimum atomic E-state index is 0.0103. The van der Waals surface area contributed by atoms with Crippen molar-refractivity contribution in [1.82, 2.24) is 9.80 Å². The Labute approximate surface area is 151 Å². The summed E-state index contributed by atoms with van der Waals surface area (Å²) in [5.74, 6) is 0.783. The Morgan fingerprint density at radius 2 is 1.96 bits per heavy atom. The molecule has 0 bridgehead atoms. The fourth-order valence-electron chi connectivity index (χ4n) is 3.89. The average Bonchev–Trinajstić information content (AvgIpc) is 2.63. The van der Waals surface area contributed by atoms with E-state index in [1.165, 1.54) is 5.56 Å². The van der Waals surface area contributed by atoms with E-state index in [9.17, 15) is 4.79 Å². The van der Waals surface area contributed by atoms with E-state index in [-0.39, 0.29) is 18.1 Å². The number of benzene rings is 1. The van der Waals surface area contributed by atoms with E-state index >= 15 is 0 Å². The maximum Gasteiger partial charge on any atom is 0.225 e. The van der Waals surface area contributed by atoms with E-state index in [2.05, 4.69) is 36.1 Å². The van der Waals surface area contributed by atoms with Crippen LogP contribution in [0.4, 0.5) is 0 Å². The van der Waals surface area contributed by atoms with E-state index in [0.29, 0.717) is 18.9 Å². The van der Waals surface area contributed by atoms with Crippen LogP contribution in [0.1, 0.15) is 31.7 Å². The van der Waals surface area contributed by atoms with Gasteiger partial charge in [-0.3, -0.25) is 9.69 Å². The molecule has 2 fully saturated rings. The smallest absolute Gasteiger partial charge is 0.225 e. The second-order valence-electron chi connectivity index (χ2n) is 7.49.